The molecule has 1 aromatic carbocycles. The number of nitriles is 1. The second kappa shape index (κ2) is 5.07. The summed E-state index contributed by atoms with van der Waals surface area (Å²) < 4.78 is 27.5. The van der Waals surface area contributed by atoms with Crippen LogP contribution in [0.25, 0.3) is 0 Å². The Kier molecular flexibility index (Phi) is 4.00. The average Bonchev–Trinajstić information content (AvgIpc) is 2.16. The SMILES string of the molecule is CC(C)CC(F)(F)c1cccc(CC#N)c1. The molecule has 0 saturated carbocycles. The minimum absolute atomic E-state index is 0.00829. The first-order chi connectivity index (χ1) is 7.45. The van der Waals surface area contributed by atoms with Gasteiger partial charge in [-0.2, -0.15) is 5.26 Å². The Labute approximate surface area is 94.7 Å². The third-order valence-corrected chi connectivity index (χ3v) is 2.30. The summed E-state index contributed by atoms with van der Waals surface area (Å²) in [4.78, 5) is 0. The molecule has 0 bridgehead atoms. The molecule has 0 unspecified atom stereocenters. The van der Waals surface area contributed by atoms with E-state index >= 15 is 0 Å². The molecule has 1 nitrogen and oxygen atoms in total. The summed E-state index contributed by atoms with van der Waals surface area (Å²) in [6.07, 6.45) is 0.00854. The normalized spacial score (nSPS) is 11.5. The fraction of sp³-hybridized carbons (Fsp3) is 0.462. The third-order valence-electron chi connectivity index (χ3n) is 2.30. The minimum Gasteiger partial charge on any atom is -0.201 e. The summed E-state index contributed by atoms with van der Waals surface area (Å²) in [5.41, 5.74) is 0.650. The maximum absolute atomic E-state index is 13.7. The number of hydrogen-bond donors (Lipinski definition) is 0. The summed E-state index contributed by atoms with van der Waals surface area (Å²) in [5.74, 6) is -2.87. The van der Waals surface area contributed by atoms with Gasteiger partial charge in [0.15, 0.2) is 0 Å². The Hall–Kier alpha value is -1.43. The van der Waals surface area contributed by atoms with Gasteiger partial charge in [0, 0.05) is 12.0 Å². The fourth-order valence-electron chi connectivity index (χ4n) is 1.63. The van der Waals surface area contributed by atoms with Crippen molar-refractivity contribution in [2.75, 3.05) is 0 Å². The van der Waals surface area contributed by atoms with Gasteiger partial charge >= 0.3 is 0 Å². The number of benzene rings is 1. The highest BCUT2D eigenvalue weighted by molar-refractivity contribution is 5.28. The molecule has 0 saturated heterocycles. The van der Waals surface area contributed by atoms with E-state index in [1.807, 2.05) is 6.07 Å². The molecule has 86 valence electrons. The lowest BCUT2D eigenvalue weighted by molar-refractivity contribution is -0.0249. The first-order valence-corrected chi connectivity index (χ1v) is 5.30. The molecule has 1 rings (SSSR count). The molecule has 0 aromatic heterocycles. The molecule has 0 amide bonds. The van der Waals surface area contributed by atoms with Crippen molar-refractivity contribution in [3.63, 3.8) is 0 Å². The minimum atomic E-state index is -2.81. The van der Waals surface area contributed by atoms with Crippen molar-refractivity contribution in [3.05, 3.63) is 35.4 Å². The smallest absolute Gasteiger partial charge is 0.201 e. The summed E-state index contributed by atoms with van der Waals surface area (Å²) in [5, 5.41) is 8.52. The predicted molar refractivity (Wildman–Crippen MR) is 59.1 cm³/mol. The topological polar surface area (TPSA) is 23.8 Å². The molecule has 0 aliphatic heterocycles. The van der Waals surface area contributed by atoms with Gasteiger partial charge in [0.2, 0.25) is 0 Å². The summed E-state index contributed by atoms with van der Waals surface area (Å²) in [6, 6.07) is 8.07. The van der Waals surface area contributed by atoms with Gasteiger partial charge in [0.25, 0.3) is 5.92 Å². The molecule has 0 fully saturated rings. The van der Waals surface area contributed by atoms with Gasteiger partial charge in [0.05, 0.1) is 12.5 Å². The van der Waals surface area contributed by atoms with Crippen molar-refractivity contribution in [1.29, 1.82) is 5.26 Å². The zero-order valence-corrected chi connectivity index (χ0v) is 9.50. The van der Waals surface area contributed by atoms with Gasteiger partial charge < -0.3 is 0 Å². The van der Waals surface area contributed by atoms with Crippen LogP contribution in [0.1, 0.15) is 31.4 Å². The molecule has 3 heteroatoms. The highest BCUT2D eigenvalue weighted by Crippen LogP contribution is 2.34. The van der Waals surface area contributed by atoms with E-state index in [1.165, 1.54) is 12.1 Å². The predicted octanol–water partition coefficient (Wildman–Crippen LogP) is 3.89. The van der Waals surface area contributed by atoms with E-state index in [9.17, 15) is 8.78 Å². The number of nitrogens with zero attached hydrogens (tertiary/aromatic N) is 1. The molecule has 0 atom stereocenters. The number of rotatable bonds is 4. The third kappa shape index (κ3) is 3.30. The van der Waals surface area contributed by atoms with Crippen molar-refractivity contribution in [2.24, 2.45) is 5.92 Å². The van der Waals surface area contributed by atoms with E-state index < -0.39 is 5.92 Å². The van der Waals surface area contributed by atoms with Crippen LogP contribution >= 0.6 is 0 Å². The average molecular weight is 223 g/mol. The Balaban J connectivity index is 2.94. The monoisotopic (exact) mass is 223 g/mol. The number of alkyl halides is 2. The van der Waals surface area contributed by atoms with E-state index in [4.69, 9.17) is 5.26 Å². The van der Waals surface area contributed by atoms with Crippen LogP contribution in [0, 0.1) is 17.2 Å². The van der Waals surface area contributed by atoms with Crippen molar-refractivity contribution in [2.45, 2.75) is 32.6 Å². The molecule has 16 heavy (non-hydrogen) atoms. The Bertz CT molecular complexity index is 391. The molecule has 0 N–H and O–H groups in total. The summed E-state index contributed by atoms with van der Waals surface area (Å²) >= 11 is 0. The van der Waals surface area contributed by atoms with Crippen LogP contribution in [0.4, 0.5) is 8.78 Å². The Morgan fingerprint density at radius 3 is 2.62 bits per heavy atom. The van der Waals surface area contributed by atoms with Gasteiger partial charge in [-0.25, -0.2) is 8.78 Å². The van der Waals surface area contributed by atoms with E-state index in [0.29, 0.717) is 5.56 Å². The van der Waals surface area contributed by atoms with Crippen LogP contribution in [0.3, 0.4) is 0 Å². The lowest BCUT2D eigenvalue weighted by Crippen LogP contribution is -2.16. The fourth-order valence-corrected chi connectivity index (χ4v) is 1.63. The van der Waals surface area contributed by atoms with Crippen molar-refractivity contribution < 1.29 is 8.78 Å². The van der Waals surface area contributed by atoms with Crippen molar-refractivity contribution >= 4 is 0 Å². The summed E-state index contributed by atoms with van der Waals surface area (Å²) in [7, 11) is 0. The first-order valence-electron chi connectivity index (χ1n) is 5.30. The molecule has 0 heterocycles. The lowest BCUT2D eigenvalue weighted by Gasteiger charge is -2.19. The first kappa shape index (κ1) is 12.6. The molecule has 1 aromatic rings. The van der Waals surface area contributed by atoms with Crippen LogP contribution in [0.2, 0.25) is 0 Å². The molecule has 0 aliphatic rings. The quantitative estimate of drug-likeness (QED) is 0.759. The zero-order chi connectivity index (χ0) is 12.2. The Morgan fingerprint density at radius 1 is 1.38 bits per heavy atom. The molecule has 0 spiro atoms. The summed E-state index contributed by atoms with van der Waals surface area (Å²) in [6.45, 7) is 3.54. The second-order valence-electron chi connectivity index (χ2n) is 4.34. The highest BCUT2D eigenvalue weighted by Gasteiger charge is 2.32. The number of hydrogen-bond acceptors (Lipinski definition) is 1. The van der Waals surface area contributed by atoms with Gasteiger partial charge in [0.1, 0.15) is 0 Å². The largest absolute Gasteiger partial charge is 0.273 e. The molecular weight excluding hydrogens is 208 g/mol. The Morgan fingerprint density at radius 2 is 2.06 bits per heavy atom. The van der Waals surface area contributed by atoms with E-state index in [2.05, 4.69) is 0 Å². The maximum atomic E-state index is 13.7. The zero-order valence-electron chi connectivity index (χ0n) is 9.50. The van der Waals surface area contributed by atoms with Gasteiger partial charge in [-0.15, -0.1) is 0 Å². The van der Waals surface area contributed by atoms with Gasteiger partial charge in [-0.05, 0) is 17.5 Å². The van der Waals surface area contributed by atoms with Crippen molar-refractivity contribution in [1.82, 2.24) is 0 Å². The van der Waals surface area contributed by atoms with Gasteiger partial charge in [-0.3, -0.25) is 0 Å². The van der Waals surface area contributed by atoms with Crippen LogP contribution < -0.4 is 0 Å². The van der Waals surface area contributed by atoms with Crippen LogP contribution in [-0.2, 0) is 12.3 Å². The second-order valence-corrected chi connectivity index (χ2v) is 4.34. The highest BCUT2D eigenvalue weighted by atomic mass is 19.3. The molecular formula is C13H15F2N. The van der Waals surface area contributed by atoms with Crippen LogP contribution in [0.15, 0.2) is 24.3 Å². The van der Waals surface area contributed by atoms with E-state index in [0.717, 1.165) is 0 Å². The molecule has 0 aliphatic carbocycles. The van der Waals surface area contributed by atoms with Crippen LogP contribution in [-0.4, -0.2) is 0 Å². The standard InChI is InChI=1S/C13H15F2N/c1-10(2)9-13(14,15)12-5-3-4-11(8-12)6-7-16/h3-5,8,10H,6,9H2,1-2H3. The van der Waals surface area contributed by atoms with E-state index in [-0.39, 0.29) is 24.3 Å². The number of halogens is 2. The molecule has 0 radical (unpaired) electrons. The maximum Gasteiger partial charge on any atom is 0.273 e. The van der Waals surface area contributed by atoms with Crippen LogP contribution in [0.5, 0.6) is 0 Å². The van der Waals surface area contributed by atoms with Gasteiger partial charge in [-0.1, -0.05) is 32.0 Å². The van der Waals surface area contributed by atoms with Crippen molar-refractivity contribution in [3.8, 4) is 6.07 Å². The van der Waals surface area contributed by atoms with E-state index in [1.54, 1.807) is 26.0 Å². The lowest BCUT2D eigenvalue weighted by atomic mass is 9.97.